The van der Waals surface area contributed by atoms with E-state index in [4.69, 9.17) is 10.5 Å². The van der Waals surface area contributed by atoms with Crippen molar-refractivity contribution in [3.8, 4) is 5.75 Å². The van der Waals surface area contributed by atoms with E-state index in [1.807, 2.05) is 17.0 Å². The Morgan fingerprint density at radius 1 is 0.933 bits per heavy atom. The Balaban J connectivity index is 1.45. The lowest BCUT2D eigenvalue weighted by atomic mass is 9.70. The summed E-state index contributed by atoms with van der Waals surface area (Å²) in [4.78, 5) is 20.9. The van der Waals surface area contributed by atoms with Crippen molar-refractivity contribution in [3.63, 3.8) is 0 Å². The predicted octanol–water partition coefficient (Wildman–Crippen LogP) is 7.26. The van der Waals surface area contributed by atoms with Gasteiger partial charge in [-0.1, -0.05) is 62.4 Å². The Bertz CT molecular complexity index is 1780. The van der Waals surface area contributed by atoms with Gasteiger partial charge in [0.25, 0.3) is 5.91 Å². The molecule has 1 aliphatic carbocycles. The van der Waals surface area contributed by atoms with Crippen molar-refractivity contribution < 1.29 is 9.53 Å². The molecule has 0 fully saturated rings. The highest BCUT2D eigenvalue weighted by molar-refractivity contribution is 6.02. The minimum atomic E-state index is -0.760. The Labute approximate surface area is 267 Å². The molecule has 6 nitrogen and oxygen atoms in total. The molecule has 1 amide bonds. The van der Waals surface area contributed by atoms with Crippen LogP contribution in [-0.2, 0) is 11.0 Å². The van der Waals surface area contributed by atoms with Gasteiger partial charge in [-0.15, -0.1) is 0 Å². The van der Waals surface area contributed by atoms with Crippen molar-refractivity contribution in [1.82, 2.24) is 4.90 Å². The molecule has 3 heterocycles. The van der Waals surface area contributed by atoms with E-state index in [1.165, 1.54) is 22.5 Å². The van der Waals surface area contributed by atoms with Gasteiger partial charge in [0, 0.05) is 78.5 Å². The van der Waals surface area contributed by atoms with Gasteiger partial charge in [0.15, 0.2) is 0 Å². The number of likely N-dealkylation sites (N-methyl/N-ethyl adjacent to an activating group) is 1. The van der Waals surface area contributed by atoms with E-state index in [1.54, 1.807) is 0 Å². The monoisotopic (exact) mass is 600 g/mol. The first kappa shape index (κ1) is 29.4. The molecule has 3 aromatic rings. The van der Waals surface area contributed by atoms with Gasteiger partial charge in [0.2, 0.25) is 0 Å². The maximum atomic E-state index is 14.2. The van der Waals surface area contributed by atoms with Gasteiger partial charge in [0.1, 0.15) is 17.0 Å². The number of fused-ring (bicyclic) bond motifs is 6. The van der Waals surface area contributed by atoms with E-state index < -0.39 is 5.54 Å². The third kappa shape index (κ3) is 4.15. The number of para-hydroxylation sites is 1. The van der Waals surface area contributed by atoms with E-state index in [0.29, 0.717) is 13.1 Å². The van der Waals surface area contributed by atoms with Crippen molar-refractivity contribution in [2.45, 2.75) is 57.9 Å². The molecule has 6 heteroatoms. The highest BCUT2D eigenvalue weighted by Crippen LogP contribution is 2.58. The molecular weight excluding hydrogens is 556 g/mol. The molecule has 0 aromatic heterocycles. The third-order valence-electron chi connectivity index (χ3n) is 10.5. The summed E-state index contributed by atoms with van der Waals surface area (Å²) in [5.74, 6) is 1.76. The van der Waals surface area contributed by atoms with Crippen LogP contribution in [0, 0.1) is 0 Å². The first-order chi connectivity index (χ1) is 21.8. The number of allylic oxidation sites excluding steroid dienone is 4. The molecule has 7 rings (SSSR count). The van der Waals surface area contributed by atoms with Crippen LogP contribution in [0.5, 0.6) is 5.75 Å². The highest BCUT2D eigenvalue weighted by Gasteiger charge is 2.57. The van der Waals surface area contributed by atoms with Gasteiger partial charge < -0.3 is 25.2 Å². The Morgan fingerprint density at radius 2 is 1.67 bits per heavy atom. The topological polar surface area (TPSA) is 62.0 Å². The molecule has 0 bridgehead atoms. The molecule has 4 aliphatic rings. The van der Waals surface area contributed by atoms with Crippen molar-refractivity contribution in [2.24, 2.45) is 5.73 Å². The second-order valence-corrected chi connectivity index (χ2v) is 13.1. The van der Waals surface area contributed by atoms with Crippen molar-refractivity contribution in [2.75, 3.05) is 43.0 Å². The summed E-state index contributed by atoms with van der Waals surface area (Å²) in [7, 11) is 2.16. The van der Waals surface area contributed by atoms with Crippen molar-refractivity contribution >= 4 is 17.3 Å². The molecule has 1 unspecified atom stereocenters. The Morgan fingerprint density at radius 3 is 2.40 bits per heavy atom. The van der Waals surface area contributed by atoms with Crippen LogP contribution in [0.2, 0.25) is 0 Å². The minimum Gasteiger partial charge on any atom is -0.457 e. The number of carbonyl (C=O) groups is 1. The summed E-state index contributed by atoms with van der Waals surface area (Å²) in [6.07, 6.45) is 7.30. The second kappa shape index (κ2) is 11.0. The highest BCUT2D eigenvalue weighted by atomic mass is 16.5. The van der Waals surface area contributed by atoms with E-state index in [2.05, 4.69) is 111 Å². The number of amides is 1. The number of hydrogen-bond acceptors (Lipinski definition) is 5. The molecule has 0 saturated carbocycles. The summed E-state index contributed by atoms with van der Waals surface area (Å²) in [6.45, 7) is 11.6. The van der Waals surface area contributed by atoms with Crippen LogP contribution in [0.3, 0.4) is 0 Å². The second-order valence-electron chi connectivity index (χ2n) is 13.1. The molecular formula is C39H44N4O2. The number of ether oxygens (including phenoxy) is 1. The van der Waals surface area contributed by atoms with E-state index in [9.17, 15) is 4.79 Å². The molecule has 3 aliphatic heterocycles. The lowest BCUT2D eigenvalue weighted by molar-refractivity contribution is 0.0656. The first-order valence-corrected chi connectivity index (χ1v) is 16.5. The summed E-state index contributed by atoms with van der Waals surface area (Å²) in [6, 6.07) is 23.3. The van der Waals surface area contributed by atoms with Crippen LogP contribution in [0.1, 0.15) is 74.0 Å². The van der Waals surface area contributed by atoms with E-state index in [-0.39, 0.29) is 11.3 Å². The van der Waals surface area contributed by atoms with Crippen LogP contribution < -0.4 is 20.3 Å². The minimum absolute atomic E-state index is 0.0360. The number of anilines is 2. The Kier molecular flexibility index (Phi) is 7.16. The predicted molar refractivity (Wildman–Crippen MR) is 183 cm³/mol. The normalized spacial score (nSPS) is 22.9. The van der Waals surface area contributed by atoms with Crippen LogP contribution in [0.15, 0.2) is 101 Å². The summed E-state index contributed by atoms with van der Waals surface area (Å²) >= 11 is 0. The number of hydrogen-bond donors (Lipinski definition) is 1. The number of carbonyl (C=O) groups excluding carboxylic acids is 1. The fourth-order valence-corrected chi connectivity index (χ4v) is 8.38. The van der Waals surface area contributed by atoms with Crippen LogP contribution in [0.4, 0.5) is 11.4 Å². The van der Waals surface area contributed by atoms with Gasteiger partial charge in [-0.05, 0) is 74.1 Å². The van der Waals surface area contributed by atoms with Crippen LogP contribution in [0.25, 0.3) is 0 Å². The third-order valence-corrected chi connectivity index (χ3v) is 10.5. The van der Waals surface area contributed by atoms with Gasteiger partial charge >= 0.3 is 0 Å². The van der Waals surface area contributed by atoms with E-state index >= 15 is 0 Å². The van der Waals surface area contributed by atoms with Gasteiger partial charge in [-0.25, -0.2) is 0 Å². The smallest absolute Gasteiger partial charge is 0.255 e. The molecule has 1 atom stereocenters. The Hall–Kier alpha value is -4.29. The number of benzene rings is 3. The quantitative estimate of drug-likeness (QED) is 0.323. The SMILES string of the molecule is CCN(CC)c1ccc2c(c1)OC1=C(CCC/C1=C\C=C1\N(C)c3ccccc3C1(C)C)C21c2ccccc2C(=O)N1CCN. The summed E-state index contributed by atoms with van der Waals surface area (Å²) < 4.78 is 7.02. The maximum absolute atomic E-state index is 14.2. The maximum Gasteiger partial charge on any atom is 0.255 e. The van der Waals surface area contributed by atoms with Crippen LogP contribution >= 0.6 is 0 Å². The molecule has 45 heavy (non-hydrogen) atoms. The molecule has 1 spiro atoms. The summed E-state index contributed by atoms with van der Waals surface area (Å²) in [5.41, 5.74) is 15.5. The van der Waals surface area contributed by atoms with Crippen LogP contribution in [-0.4, -0.2) is 44.0 Å². The molecule has 0 saturated heterocycles. The average Bonchev–Trinajstić information content (AvgIpc) is 3.41. The van der Waals surface area contributed by atoms with E-state index in [0.717, 1.165) is 71.8 Å². The van der Waals surface area contributed by atoms with Gasteiger partial charge in [-0.3, -0.25) is 4.79 Å². The van der Waals surface area contributed by atoms with Gasteiger partial charge in [0.05, 0.1) is 0 Å². The molecule has 0 radical (unpaired) electrons. The number of rotatable bonds is 6. The number of nitrogens with zero attached hydrogens (tertiary/aromatic N) is 3. The van der Waals surface area contributed by atoms with Gasteiger partial charge in [-0.2, -0.15) is 0 Å². The van der Waals surface area contributed by atoms with Crippen molar-refractivity contribution in [3.05, 3.63) is 124 Å². The molecule has 232 valence electrons. The zero-order chi connectivity index (χ0) is 31.5. The molecule has 2 N–H and O–H groups in total. The lowest BCUT2D eigenvalue weighted by Gasteiger charge is -2.47. The summed E-state index contributed by atoms with van der Waals surface area (Å²) in [5, 5.41) is 0. The largest absolute Gasteiger partial charge is 0.457 e. The standard InChI is InChI=1S/C39H44N4O2/c1-6-42(7-2)27-20-21-31-34(25-27)45-36-26(19-22-35-38(3,4)30-16-10-11-18-33(30)41(35)5)13-12-17-32(36)39(31)29-15-9-8-14-28(29)37(44)43(39)24-23-40/h8-11,14-16,18-22,25H,6-7,12-13,17,23-24,40H2,1-5H3/b26-19+,35-22+. The zero-order valence-corrected chi connectivity index (χ0v) is 27.2. The number of nitrogens with two attached hydrogens (primary N) is 1. The van der Waals surface area contributed by atoms with Crippen molar-refractivity contribution in [1.29, 1.82) is 0 Å². The molecule has 3 aromatic carbocycles. The fourth-order valence-electron chi connectivity index (χ4n) is 8.38. The zero-order valence-electron chi connectivity index (χ0n) is 27.2. The fraction of sp³-hybridized carbons (Fsp3) is 0.359. The first-order valence-electron chi connectivity index (χ1n) is 16.5. The lowest BCUT2D eigenvalue weighted by Crippen LogP contribution is -2.51. The average molecular weight is 601 g/mol.